The van der Waals surface area contributed by atoms with Gasteiger partial charge in [-0.25, -0.2) is 10.4 Å². The van der Waals surface area contributed by atoms with Crippen LogP contribution in [0.15, 0.2) is 107 Å². The van der Waals surface area contributed by atoms with Gasteiger partial charge in [-0.05, 0) is 34.0 Å². The highest BCUT2D eigenvalue weighted by Gasteiger charge is 2.12. The van der Waals surface area contributed by atoms with Crippen molar-refractivity contribution in [1.82, 2.24) is 9.97 Å². The third-order valence-corrected chi connectivity index (χ3v) is 5.59. The molecule has 1 aromatic heterocycles. The molecule has 7 heteroatoms. The Morgan fingerprint density at radius 2 is 1.75 bits per heavy atom. The second kappa shape index (κ2) is 10.4. The van der Waals surface area contributed by atoms with Crippen LogP contribution in [-0.2, 0) is 6.61 Å². The number of nitrogens with zero attached hydrogens (tertiary/aromatic N) is 3. The molecule has 0 aliphatic carbocycles. The highest BCUT2D eigenvalue weighted by Crippen LogP contribution is 2.22. The molecule has 0 saturated heterocycles. The molecule has 0 bridgehead atoms. The fourth-order valence-corrected chi connectivity index (χ4v) is 3.87. The van der Waals surface area contributed by atoms with Gasteiger partial charge in [0.1, 0.15) is 24.0 Å². The number of ether oxygens (including phenoxy) is 1. The van der Waals surface area contributed by atoms with Crippen LogP contribution in [0.5, 0.6) is 5.75 Å². The largest absolute Gasteiger partial charge is 0.489 e. The number of anilines is 1. The Hall–Kier alpha value is -5.22. The molecule has 0 spiro atoms. The lowest BCUT2D eigenvalue weighted by Gasteiger charge is -2.09. The van der Waals surface area contributed by atoms with Crippen molar-refractivity contribution >= 4 is 22.9 Å². The number of fused-ring (bicyclic) bond motifs is 1. The standard InChI is InChI=1S/C29H21N5O2/c30-17-26-27(22-10-2-1-3-11-22)32-29(33-28(26)35)34-31-18-20-8-6-14-24(16-20)36-19-23-13-7-12-21-9-4-5-15-25(21)23/h1-16,18H,19H2,(H2,32,33,34,35). The van der Waals surface area contributed by atoms with E-state index >= 15 is 0 Å². The van der Waals surface area contributed by atoms with E-state index in [0.29, 0.717) is 23.6 Å². The van der Waals surface area contributed by atoms with Gasteiger partial charge in [0, 0.05) is 5.56 Å². The van der Waals surface area contributed by atoms with Gasteiger partial charge in [0.2, 0.25) is 5.95 Å². The summed E-state index contributed by atoms with van der Waals surface area (Å²) in [6.45, 7) is 0.443. The van der Waals surface area contributed by atoms with E-state index < -0.39 is 5.56 Å². The topological polar surface area (TPSA) is 103 Å². The first-order valence-corrected chi connectivity index (χ1v) is 11.3. The van der Waals surface area contributed by atoms with E-state index in [1.54, 1.807) is 18.3 Å². The molecule has 0 aliphatic heterocycles. The van der Waals surface area contributed by atoms with E-state index in [-0.39, 0.29) is 11.5 Å². The number of hydrazone groups is 1. The molecule has 1 heterocycles. The van der Waals surface area contributed by atoms with E-state index in [0.717, 1.165) is 11.1 Å². The van der Waals surface area contributed by atoms with E-state index in [1.807, 2.05) is 66.7 Å². The van der Waals surface area contributed by atoms with Crippen LogP contribution < -0.4 is 15.7 Å². The summed E-state index contributed by atoms with van der Waals surface area (Å²) < 4.78 is 6.04. The first kappa shape index (κ1) is 22.6. The molecule has 0 saturated carbocycles. The molecule has 5 rings (SSSR count). The summed E-state index contributed by atoms with van der Waals surface area (Å²) in [6.07, 6.45) is 1.60. The van der Waals surface area contributed by atoms with Crippen molar-refractivity contribution < 1.29 is 4.74 Å². The van der Waals surface area contributed by atoms with Crippen LogP contribution in [0.2, 0.25) is 0 Å². The Morgan fingerprint density at radius 3 is 2.61 bits per heavy atom. The first-order valence-electron chi connectivity index (χ1n) is 11.3. The molecule has 36 heavy (non-hydrogen) atoms. The number of H-pyrrole nitrogens is 1. The molecule has 0 aliphatic rings. The maximum atomic E-state index is 12.4. The van der Waals surface area contributed by atoms with Gasteiger partial charge in [0.05, 0.1) is 11.9 Å². The van der Waals surface area contributed by atoms with Crippen molar-refractivity contribution in [3.05, 3.63) is 124 Å². The quantitative estimate of drug-likeness (QED) is 0.241. The van der Waals surface area contributed by atoms with Crippen molar-refractivity contribution in [2.45, 2.75) is 6.61 Å². The number of aromatic nitrogens is 2. The zero-order valence-electron chi connectivity index (χ0n) is 19.2. The molecule has 7 nitrogen and oxygen atoms in total. The Kier molecular flexibility index (Phi) is 6.50. The zero-order valence-corrected chi connectivity index (χ0v) is 19.2. The van der Waals surface area contributed by atoms with Crippen molar-refractivity contribution in [3.63, 3.8) is 0 Å². The van der Waals surface area contributed by atoms with Gasteiger partial charge in [-0.15, -0.1) is 0 Å². The van der Waals surface area contributed by atoms with Crippen LogP contribution in [0.25, 0.3) is 22.0 Å². The number of nitrogens with one attached hydrogen (secondary N) is 2. The maximum absolute atomic E-state index is 12.4. The van der Waals surface area contributed by atoms with Crippen molar-refractivity contribution in [1.29, 1.82) is 5.26 Å². The van der Waals surface area contributed by atoms with Crippen LogP contribution in [0.3, 0.4) is 0 Å². The highest BCUT2D eigenvalue weighted by atomic mass is 16.5. The molecular formula is C29H21N5O2. The van der Waals surface area contributed by atoms with Crippen LogP contribution >= 0.6 is 0 Å². The lowest BCUT2D eigenvalue weighted by atomic mass is 10.1. The number of benzene rings is 4. The fourth-order valence-electron chi connectivity index (χ4n) is 3.87. The summed E-state index contributed by atoms with van der Waals surface area (Å²) >= 11 is 0. The summed E-state index contributed by atoms with van der Waals surface area (Å²) in [5.74, 6) is 0.848. The Bertz CT molecular complexity index is 1650. The van der Waals surface area contributed by atoms with Crippen LogP contribution in [0.4, 0.5) is 5.95 Å². The molecule has 0 atom stereocenters. The normalized spacial score (nSPS) is 10.9. The molecule has 5 aromatic rings. The zero-order chi connectivity index (χ0) is 24.7. The van der Waals surface area contributed by atoms with Crippen LogP contribution in [0.1, 0.15) is 16.7 Å². The monoisotopic (exact) mass is 471 g/mol. The van der Waals surface area contributed by atoms with Gasteiger partial charge in [0.25, 0.3) is 5.56 Å². The van der Waals surface area contributed by atoms with Gasteiger partial charge in [-0.3, -0.25) is 9.78 Å². The van der Waals surface area contributed by atoms with Crippen LogP contribution in [-0.4, -0.2) is 16.2 Å². The molecular weight excluding hydrogens is 450 g/mol. The highest BCUT2D eigenvalue weighted by molar-refractivity contribution is 5.85. The molecule has 0 radical (unpaired) electrons. The third-order valence-electron chi connectivity index (χ3n) is 5.59. The average Bonchev–Trinajstić information content (AvgIpc) is 2.92. The lowest BCUT2D eigenvalue weighted by molar-refractivity contribution is 0.307. The molecule has 0 amide bonds. The smallest absolute Gasteiger partial charge is 0.270 e. The molecule has 0 fully saturated rings. The fraction of sp³-hybridized carbons (Fsp3) is 0.0345. The van der Waals surface area contributed by atoms with Gasteiger partial charge in [-0.1, -0.05) is 84.9 Å². The minimum atomic E-state index is -0.534. The first-order chi connectivity index (χ1) is 17.7. The van der Waals surface area contributed by atoms with E-state index in [2.05, 4.69) is 44.8 Å². The van der Waals surface area contributed by atoms with Crippen LogP contribution in [0, 0.1) is 11.3 Å². The molecule has 174 valence electrons. The van der Waals surface area contributed by atoms with E-state index in [1.165, 1.54) is 10.8 Å². The van der Waals surface area contributed by atoms with E-state index in [4.69, 9.17) is 4.74 Å². The van der Waals surface area contributed by atoms with Gasteiger partial charge >= 0.3 is 0 Å². The Morgan fingerprint density at radius 1 is 0.972 bits per heavy atom. The third kappa shape index (κ3) is 4.98. The second-order valence-electron chi connectivity index (χ2n) is 7.99. The maximum Gasteiger partial charge on any atom is 0.270 e. The Balaban J connectivity index is 1.30. The second-order valence-corrected chi connectivity index (χ2v) is 7.99. The predicted octanol–water partition coefficient (Wildman–Crippen LogP) is 5.49. The lowest BCUT2D eigenvalue weighted by Crippen LogP contribution is -2.16. The summed E-state index contributed by atoms with van der Waals surface area (Å²) in [4.78, 5) is 19.3. The minimum absolute atomic E-state index is 0.0493. The summed E-state index contributed by atoms with van der Waals surface area (Å²) in [5.41, 5.74) is 5.04. The number of aromatic amines is 1. The molecule has 0 unspecified atom stereocenters. The molecule has 2 N–H and O–H groups in total. The van der Waals surface area contributed by atoms with Gasteiger partial charge < -0.3 is 4.74 Å². The summed E-state index contributed by atoms with van der Waals surface area (Å²) in [6, 6.07) is 32.9. The number of hydrogen-bond acceptors (Lipinski definition) is 6. The summed E-state index contributed by atoms with van der Waals surface area (Å²) in [7, 11) is 0. The number of rotatable bonds is 7. The van der Waals surface area contributed by atoms with E-state index in [9.17, 15) is 10.1 Å². The SMILES string of the molecule is N#Cc1c(-c2ccccc2)nc(NN=Cc2cccc(OCc3cccc4ccccc34)c2)[nH]c1=O. The van der Waals surface area contributed by atoms with Crippen molar-refractivity contribution in [2.24, 2.45) is 5.10 Å². The van der Waals surface area contributed by atoms with Gasteiger partial charge in [0.15, 0.2) is 0 Å². The van der Waals surface area contributed by atoms with Gasteiger partial charge in [-0.2, -0.15) is 10.4 Å². The minimum Gasteiger partial charge on any atom is -0.489 e. The summed E-state index contributed by atoms with van der Waals surface area (Å²) in [5, 5.41) is 15.9. The average molecular weight is 472 g/mol. The number of hydrogen-bond donors (Lipinski definition) is 2. The molecule has 4 aromatic carbocycles. The number of nitriles is 1. The Labute approximate surface area is 207 Å². The predicted molar refractivity (Wildman–Crippen MR) is 141 cm³/mol. The van der Waals surface area contributed by atoms with Crippen molar-refractivity contribution in [3.8, 4) is 23.1 Å². The van der Waals surface area contributed by atoms with Crippen molar-refractivity contribution in [2.75, 3.05) is 5.43 Å².